The molecule has 1 aromatic heterocycles. The molecule has 2 aromatic rings. The largest absolute Gasteiger partial charge is 0.397 e. The van der Waals surface area contributed by atoms with Gasteiger partial charge in [-0.2, -0.15) is 0 Å². The van der Waals surface area contributed by atoms with Gasteiger partial charge in [0.25, 0.3) is 0 Å². The van der Waals surface area contributed by atoms with Gasteiger partial charge in [-0.25, -0.2) is 0 Å². The normalized spacial score (nSPS) is 11.5. The Balaban J connectivity index is 2.07. The maximum atomic E-state index is 5.93. The molecule has 0 aliphatic carbocycles. The lowest BCUT2D eigenvalue weighted by Crippen LogP contribution is -2.26. The van der Waals surface area contributed by atoms with Gasteiger partial charge in [-0.3, -0.25) is 0 Å². The molecule has 18 heavy (non-hydrogen) atoms. The molecule has 96 valence electrons. The maximum Gasteiger partial charge on any atom is 0.0575 e. The molecule has 0 saturated carbocycles. The van der Waals surface area contributed by atoms with E-state index < -0.39 is 0 Å². The van der Waals surface area contributed by atoms with Crippen molar-refractivity contribution in [1.82, 2.24) is 0 Å². The molecule has 1 heterocycles. The molecule has 1 aromatic carbocycles. The van der Waals surface area contributed by atoms with Gasteiger partial charge in [0.05, 0.1) is 11.4 Å². The van der Waals surface area contributed by atoms with Crippen molar-refractivity contribution < 1.29 is 0 Å². The molecule has 0 atom stereocenters. The molecule has 0 unspecified atom stereocenters. The molecule has 3 N–H and O–H groups in total. The van der Waals surface area contributed by atoms with Crippen LogP contribution in [0.1, 0.15) is 18.7 Å². The Morgan fingerprint density at radius 3 is 2.72 bits per heavy atom. The van der Waals surface area contributed by atoms with E-state index in [1.54, 1.807) is 17.4 Å². The predicted octanol–water partition coefficient (Wildman–Crippen LogP) is 4.37. The van der Waals surface area contributed by atoms with Crippen LogP contribution in [-0.4, -0.2) is 6.54 Å². The second-order valence-electron chi connectivity index (χ2n) is 4.95. The number of nitrogens with two attached hydrogens (primary N) is 1. The van der Waals surface area contributed by atoms with E-state index in [1.165, 1.54) is 4.88 Å². The highest BCUT2D eigenvalue weighted by molar-refractivity contribution is 7.10. The van der Waals surface area contributed by atoms with E-state index in [0.717, 1.165) is 12.2 Å². The first kappa shape index (κ1) is 13.2. The fourth-order valence-electron chi connectivity index (χ4n) is 1.76. The maximum absolute atomic E-state index is 5.93. The molecule has 0 radical (unpaired) electrons. The molecule has 0 amide bonds. The molecule has 2 nitrogen and oxygen atoms in total. The van der Waals surface area contributed by atoms with Crippen molar-refractivity contribution >= 4 is 34.3 Å². The summed E-state index contributed by atoms with van der Waals surface area (Å²) in [6.07, 6.45) is 0. The van der Waals surface area contributed by atoms with E-state index in [1.807, 2.05) is 12.1 Å². The highest BCUT2D eigenvalue weighted by atomic mass is 35.5. The first-order valence-electron chi connectivity index (χ1n) is 5.82. The summed E-state index contributed by atoms with van der Waals surface area (Å²) >= 11 is 7.66. The summed E-state index contributed by atoms with van der Waals surface area (Å²) in [5.74, 6) is 0. The van der Waals surface area contributed by atoms with Gasteiger partial charge in [0.2, 0.25) is 0 Å². The average molecular weight is 281 g/mol. The minimum absolute atomic E-state index is 0.0836. The van der Waals surface area contributed by atoms with Crippen LogP contribution >= 0.6 is 22.9 Å². The van der Waals surface area contributed by atoms with E-state index in [9.17, 15) is 0 Å². The number of hydrogen-bond donors (Lipinski definition) is 2. The Bertz CT molecular complexity index is 521. The van der Waals surface area contributed by atoms with Crippen LogP contribution in [-0.2, 0) is 5.41 Å². The van der Waals surface area contributed by atoms with Crippen LogP contribution in [0, 0.1) is 0 Å². The van der Waals surface area contributed by atoms with Crippen LogP contribution in [0.2, 0.25) is 5.02 Å². The minimum atomic E-state index is 0.0836. The molecular weight excluding hydrogens is 264 g/mol. The van der Waals surface area contributed by atoms with Crippen molar-refractivity contribution in [3.63, 3.8) is 0 Å². The molecule has 0 bridgehead atoms. The summed E-state index contributed by atoms with van der Waals surface area (Å²) in [5.41, 5.74) is 7.63. The molecule has 2 rings (SSSR count). The molecular formula is C14H17ClN2S. The summed E-state index contributed by atoms with van der Waals surface area (Å²) in [4.78, 5) is 1.36. The summed E-state index contributed by atoms with van der Waals surface area (Å²) in [7, 11) is 0. The van der Waals surface area contributed by atoms with E-state index in [4.69, 9.17) is 17.3 Å². The van der Waals surface area contributed by atoms with Crippen LogP contribution in [0.5, 0.6) is 0 Å². The molecule has 0 saturated heterocycles. The zero-order chi connectivity index (χ0) is 13.2. The quantitative estimate of drug-likeness (QED) is 0.816. The van der Waals surface area contributed by atoms with Gasteiger partial charge < -0.3 is 11.1 Å². The smallest absolute Gasteiger partial charge is 0.0575 e. The van der Waals surface area contributed by atoms with Crippen molar-refractivity contribution in [3.05, 3.63) is 45.6 Å². The first-order chi connectivity index (χ1) is 8.49. The topological polar surface area (TPSA) is 38.0 Å². The van der Waals surface area contributed by atoms with E-state index in [-0.39, 0.29) is 5.41 Å². The Morgan fingerprint density at radius 1 is 1.33 bits per heavy atom. The average Bonchev–Trinajstić information content (AvgIpc) is 2.82. The van der Waals surface area contributed by atoms with E-state index >= 15 is 0 Å². The fourth-order valence-corrected chi connectivity index (χ4v) is 2.79. The summed E-state index contributed by atoms with van der Waals surface area (Å²) in [5, 5.41) is 6.16. The molecule has 0 spiro atoms. The van der Waals surface area contributed by atoms with Gasteiger partial charge in [0, 0.05) is 21.9 Å². The lowest BCUT2D eigenvalue weighted by Gasteiger charge is -2.24. The number of nitrogen functional groups attached to an aromatic ring is 1. The lowest BCUT2D eigenvalue weighted by atomic mass is 9.91. The van der Waals surface area contributed by atoms with Gasteiger partial charge in [-0.05, 0) is 29.6 Å². The minimum Gasteiger partial charge on any atom is -0.397 e. The number of benzene rings is 1. The van der Waals surface area contributed by atoms with Gasteiger partial charge in [0.15, 0.2) is 0 Å². The Kier molecular flexibility index (Phi) is 3.83. The van der Waals surface area contributed by atoms with Crippen molar-refractivity contribution in [1.29, 1.82) is 0 Å². The van der Waals surface area contributed by atoms with Crippen molar-refractivity contribution in [2.45, 2.75) is 19.3 Å². The fraction of sp³-hybridized carbons (Fsp3) is 0.286. The lowest BCUT2D eigenvalue weighted by molar-refractivity contribution is 0.569. The Hall–Kier alpha value is -1.19. The highest BCUT2D eigenvalue weighted by Gasteiger charge is 2.21. The summed E-state index contributed by atoms with van der Waals surface area (Å²) in [6, 6.07) is 9.78. The van der Waals surface area contributed by atoms with Crippen molar-refractivity contribution in [2.75, 3.05) is 17.6 Å². The third-order valence-electron chi connectivity index (χ3n) is 2.92. The monoisotopic (exact) mass is 280 g/mol. The van der Waals surface area contributed by atoms with Crippen LogP contribution in [0.25, 0.3) is 0 Å². The van der Waals surface area contributed by atoms with Gasteiger partial charge in [0.1, 0.15) is 0 Å². The number of halogens is 1. The summed E-state index contributed by atoms with van der Waals surface area (Å²) in [6.45, 7) is 5.27. The van der Waals surface area contributed by atoms with Crippen LogP contribution in [0.3, 0.4) is 0 Å². The van der Waals surface area contributed by atoms with Crippen LogP contribution < -0.4 is 11.1 Å². The number of nitrogens with one attached hydrogen (secondary N) is 1. The van der Waals surface area contributed by atoms with E-state index in [0.29, 0.717) is 10.7 Å². The number of anilines is 2. The number of rotatable bonds is 4. The standard InChI is InChI=1S/C14H17ClN2S/c1-14(2,13-4-3-7-18-13)9-17-12-6-5-10(15)8-11(12)16/h3-8,17H,9,16H2,1-2H3. The van der Waals surface area contributed by atoms with Crippen LogP contribution in [0.15, 0.2) is 35.7 Å². The Morgan fingerprint density at radius 2 is 2.11 bits per heavy atom. The van der Waals surface area contributed by atoms with Crippen molar-refractivity contribution in [3.8, 4) is 0 Å². The third-order valence-corrected chi connectivity index (χ3v) is 4.39. The first-order valence-corrected chi connectivity index (χ1v) is 7.08. The zero-order valence-electron chi connectivity index (χ0n) is 10.5. The van der Waals surface area contributed by atoms with Crippen LogP contribution in [0.4, 0.5) is 11.4 Å². The molecule has 4 heteroatoms. The molecule has 0 aliphatic heterocycles. The summed E-state index contributed by atoms with van der Waals surface area (Å²) < 4.78 is 0. The SMILES string of the molecule is CC(C)(CNc1ccc(Cl)cc1N)c1cccs1. The second-order valence-corrected chi connectivity index (χ2v) is 6.33. The number of thiophene rings is 1. The zero-order valence-corrected chi connectivity index (χ0v) is 12.1. The predicted molar refractivity (Wildman–Crippen MR) is 81.7 cm³/mol. The number of hydrogen-bond acceptors (Lipinski definition) is 3. The highest BCUT2D eigenvalue weighted by Crippen LogP contribution is 2.29. The van der Waals surface area contributed by atoms with Gasteiger partial charge in [-0.1, -0.05) is 31.5 Å². The third kappa shape index (κ3) is 2.98. The van der Waals surface area contributed by atoms with E-state index in [2.05, 4.69) is 36.7 Å². The van der Waals surface area contributed by atoms with Crippen molar-refractivity contribution in [2.24, 2.45) is 0 Å². The molecule has 0 fully saturated rings. The molecule has 0 aliphatic rings. The Labute approximate surface area is 117 Å². The van der Waals surface area contributed by atoms with Gasteiger partial charge >= 0.3 is 0 Å². The second kappa shape index (κ2) is 5.21. The van der Waals surface area contributed by atoms with Gasteiger partial charge in [-0.15, -0.1) is 11.3 Å².